The van der Waals surface area contributed by atoms with Crippen LogP contribution in [0.5, 0.6) is 0 Å². The maximum absolute atomic E-state index is 12.6. The molecule has 6 heteroatoms. The number of fused-ring (bicyclic) bond motifs is 1. The van der Waals surface area contributed by atoms with E-state index in [9.17, 15) is 13.2 Å². The minimum absolute atomic E-state index is 0.00573. The van der Waals surface area contributed by atoms with Crippen LogP contribution in [-0.4, -0.2) is 20.4 Å². The van der Waals surface area contributed by atoms with E-state index in [0.717, 1.165) is 49.8 Å². The van der Waals surface area contributed by atoms with Gasteiger partial charge in [0.15, 0.2) is 0 Å². The molecule has 2 aliphatic rings. The largest absolute Gasteiger partial charge is 0.326 e. The Kier molecular flexibility index (Phi) is 4.73. The van der Waals surface area contributed by atoms with Crippen molar-refractivity contribution in [2.24, 2.45) is 5.92 Å². The summed E-state index contributed by atoms with van der Waals surface area (Å²) in [6.07, 6.45) is 5.90. The molecule has 1 aromatic rings. The summed E-state index contributed by atoms with van der Waals surface area (Å²) >= 11 is 0. The van der Waals surface area contributed by atoms with Crippen LogP contribution in [0.2, 0.25) is 0 Å². The zero-order valence-corrected chi connectivity index (χ0v) is 14.3. The lowest BCUT2D eigenvalue weighted by Crippen LogP contribution is -2.37. The molecule has 1 heterocycles. The van der Waals surface area contributed by atoms with Crippen LogP contribution < -0.4 is 10.0 Å². The fourth-order valence-corrected chi connectivity index (χ4v) is 4.74. The van der Waals surface area contributed by atoms with Crippen molar-refractivity contribution in [3.05, 3.63) is 23.8 Å². The highest BCUT2D eigenvalue weighted by molar-refractivity contribution is 7.89. The molecular weight excluding hydrogens is 312 g/mol. The molecule has 1 fully saturated rings. The van der Waals surface area contributed by atoms with Gasteiger partial charge in [-0.25, -0.2) is 13.1 Å². The number of amides is 1. The van der Waals surface area contributed by atoms with Crippen molar-refractivity contribution >= 4 is 21.6 Å². The van der Waals surface area contributed by atoms with Crippen LogP contribution >= 0.6 is 0 Å². The van der Waals surface area contributed by atoms with E-state index in [1.165, 1.54) is 0 Å². The van der Waals surface area contributed by atoms with Crippen molar-refractivity contribution in [2.45, 2.75) is 62.8 Å². The van der Waals surface area contributed by atoms with E-state index in [1.54, 1.807) is 18.2 Å². The SMILES string of the molecule is CC1CCC(NS(=O)(=O)c2ccc3c(c2)CCCC(=O)N3)CC1. The Morgan fingerprint density at radius 2 is 1.87 bits per heavy atom. The number of sulfonamides is 1. The van der Waals surface area contributed by atoms with Crippen LogP contribution in [0.1, 0.15) is 51.0 Å². The first-order valence-corrected chi connectivity index (χ1v) is 9.87. The van der Waals surface area contributed by atoms with Crippen LogP contribution in [0.4, 0.5) is 5.69 Å². The Bertz CT molecular complexity index is 692. The molecule has 0 bridgehead atoms. The molecule has 0 aromatic heterocycles. The third-order valence-corrected chi connectivity index (χ3v) is 6.37. The minimum atomic E-state index is -3.50. The van der Waals surface area contributed by atoms with Crippen molar-refractivity contribution in [1.82, 2.24) is 4.72 Å². The smallest absolute Gasteiger partial charge is 0.240 e. The number of hydrogen-bond donors (Lipinski definition) is 2. The Hall–Kier alpha value is -1.40. The van der Waals surface area contributed by atoms with E-state index in [4.69, 9.17) is 0 Å². The molecule has 1 aliphatic carbocycles. The van der Waals surface area contributed by atoms with Gasteiger partial charge in [-0.1, -0.05) is 6.92 Å². The monoisotopic (exact) mass is 336 g/mol. The highest BCUT2D eigenvalue weighted by Gasteiger charge is 2.25. The molecule has 23 heavy (non-hydrogen) atoms. The van der Waals surface area contributed by atoms with Gasteiger partial charge in [-0.05, 0) is 68.2 Å². The van der Waals surface area contributed by atoms with E-state index in [2.05, 4.69) is 17.0 Å². The number of carbonyl (C=O) groups excluding carboxylic acids is 1. The van der Waals surface area contributed by atoms with Gasteiger partial charge in [-0.2, -0.15) is 0 Å². The molecular formula is C17H24N2O3S. The fraction of sp³-hybridized carbons (Fsp3) is 0.588. The topological polar surface area (TPSA) is 75.3 Å². The van der Waals surface area contributed by atoms with Crippen LogP contribution in [0, 0.1) is 5.92 Å². The molecule has 0 saturated heterocycles. The van der Waals surface area contributed by atoms with Crippen LogP contribution in [-0.2, 0) is 21.2 Å². The third kappa shape index (κ3) is 3.93. The van der Waals surface area contributed by atoms with Gasteiger partial charge in [0.25, 0.3) is 0 Å². The average Bonchev–Trinajstić information content (AvgIpc) is 2.69. The summed E-state index contributed by atoms with van der Waals surface area (Å²) in [5.41, 5.74) is 1.63. The number of hydrogen-bond acceptors (Lipinski definition) is 3. The third-order valence-electron chi connectivity index (χ3n) is 4.85. The second-order valence-corrected chi connectivity index (χ2v) is 8.51. The van der Waals surface area contributed by atoms with Crippen molar-refractivity contribution in [2.75, 3.05) is 5.32 Å². The molecule has 3 rings (SSSR count). The first-order valence-electron chi connectivity index (χ1n) is 8.39. The van der Waals surface area contributed by atoms with E-state index in [0.29, 0.717) is 17.2 Å². The van der Waals surface area contributed by atoms with Crippen LogP contribution in [0.3, 0.4) is 0 Å². The zero-order chi connectivity index (χ0) is 16.4. The Morgan fingerprint density at radius 1 is 1.13 bits per heavy atom. The molecule has 126 valence electrons. The number of carbonyl (C=O) groups is 1. The zero-order valence-electron chi connectivity index (χ0n) is 13.5. The molecule has 5 nitrogen and oxygen atoms in total. The van der Waals surface area contributed by atoms with Gasteiger partial charge >= 0.3 is 0 Å². The number of benzene rings is 1. The Labute approximate surface area is 137 Å². The van der Waals surface area contributed by atoms with Gasteiger partial charge in [0.2, 0.25) is 15.9 Å². The van der Waals surface area contributed by atoms with Crippen LogP contribution in [0.25, 0.3) is 0 Å². The number of aryl methyl sites for hydroxylation is 1. The summed E-state index contributed by atoms with van der Waals surface area (Å²) in [5.74, 6) is 0.681. The molecule has 0 atom stereocenters. The molecule has 1 aliphatic heterocycles. The van der Waals surface area contributed by atoms with Gasteiger partial charge in [0.1, 0.15) is 0 Å². The first kappa shape index (κ1) is 16.5. The lowest BCUT2D eigenvalue weighted by molar-refractivity contribution is -0.116. The molecule has 0 spiro atoms. The van der Waals surface area contributed by atoms with Crippen molar-refractivity contribution < 1.29 is 13.2 Å². The molecule has 0 unspecified atom stereocenters. The Balaban J connectivity index is 1.77. The van der Waals surface area contributed by atoms with Gasteiger partial charge in [0.05, 0.1) is 4.90 Å². The first-order chi connectivity index (χ1) is 10.9. The number of rotatable bonds is 3. The van der Waals surface area contributed by atoms with E-state index in [1.807, 2.05) is 0 Å². The lowest BCUT2D eigenvalue weighted by atomic mass is 9.88. The van der Waals surface area contributed by atoms with Crippen molar-refractivity contribution in [1.29, 1.82) is 0 Å². The molecule has 1 saturated carbocycles. The second-order valence-electron chi connectivity index (χ2n) is 6.80. The molecule has 0 radical (unpaired) electrons. The van der Waals surface area contributed by atoms with Gasteiger partial charge in [-0.3, -0.25) is 4.79 Å². The molecule has 1 amide bonds. The summed E-state index contributed by atoms with van der Waals surface area (Å²) in [5, 5.41) is 2.83. The quantitative estimate of drug-likeness (QED) is 0.891. The highest BCUT2D eigenvalue weighted by Crippen LogP contribution is 2.27. The summed E-state index contributed by atoms with van der Waals surface area (Å²) in [4.78, 5) is 11.9. The summed E-state index contributed by atoms with van der Waals surface area (Å²) in [6.45, 7) is 2.21. The lowest BCUT2D eigenvalue weighted by Gasteiger charge is -2.26. The highest BCUT2D eigenvalue weighted by atomic mass is 32.2. The number of anilines is 1. The predicted molar refractivity (Wildman–Crippen MR) is 89.8 cm³/mol. The molecule has 1 aromatic carbocycles. The summed E-state index contributed by atoms with van der Waals surface area (Å²) < 4.78 is 28.1. The van der Waals surface area contributed by atoms with Gasteiger partial charge in [-0.15, -0.1) is 0 Å². The van der Waals surface area contributed by atoms with Gasteiger partial charge in [0, 0.05) is 18.2 Å². The number of nitrogens with one attached hydrogen (secondary N) is 2. The summed E-state index contributed by atoms with van der Waals surface area (Å²) in [6, 6.07) is 5.03. The van der Waals surface area contributed by atoms with Gasteiger partial charge < -0.3 is 5.32 Å². The van der Waals surface area contributed by atoms with Crippen molar-refractivity contribution in [3.8, 4) is 0 Å². The summed E-state index contributed by atoms with van der Waals surface area (Å²) in [7, 11) is -3.50. The normalized spacial score (nSPS) is 25.3. The maximum atomic E-state index is 12.6. The second kappa shape index (κ2) is 6.61. The standard InChI is InChI=1S/C17H24N2O3S/c1-12-5-7-14(8-6-12)19-23(21,22)15-9-10-16-13(11-15)3-2-4-17(20)18-16/h9-12,14,19H,2-8H2,1H3,(H,18,20). The average molecular weight is 336 g/mol. The van der Waals surface area contributed by atoms with Crippen molar-refractivity contribution in [3.63, 3.8) is 0 Å². The van der Waals surface area contributed by atoms with E-state index < -0.39 is 10.0 Å². The van der Waals surface area contributed by atoms with E-state index >= 15 is 0 Å². The minimum Gasteiger partial charge on any atom is -0.326 e. The maximum Gasteiger partial charge on any atom is 0.240 e. The van der Waals surface area contributed by atoms with E-state index in [-0.39, 0.29) is 11.9 Å². The Morgan fingerprint density at radius 3 is 2.61 bits per heavy atom. The fourth-order valence-electron chi connectivity index (χ4n) is 3.38. The molecule has 2 N–H and O–H groups in total. The van der Waals surface area contributed by atoms with Crippen LogP contribution in [0.15, 0.2) is 23.1 Å². The predicted octanol–water partition coefficient (Wildman–Crippen LogP) is 2.82.